The summed E-state index contributed by atoms with van der Waals surface area (Å²) in [7, 11) is 2.87. The van der Waals surface area contributed by atoms with Gasteiger partial charge in [-0.3, -0.25) is 0 Å². The van der Waals surface area contributed by atoms with Gasteiger partial charge in [0.05, 0.1) is 31.2 Å². The van der Waals surface area contributed by atoms with Crippen LogP contribution in [0.4, 0.5) is 28.7 Å². The number of aromatic nitrogens is 2. The van der Waals surface area contributed by atoms with E-state index >= 15 is 0 Å². The molecule has 3 rings (SSSR count). The highest BCUT2D eigenvalue weighted by molar-refractivity contribution is 6.31. The smallest absolute Gasteiger partial charge is 0.339 e. The predicted molar refractivity (Wildman–Crippen MR) is 109 cm³/mol. The number of rotatable bonds is 6. The van der Waals surface area contributed by atoms with E-state index in [1.807, 2.05) is 0 Å². The average molecular weight is 400 g/mol. The van der Waals surface area contributed by atoms with E-state index in [4.69, 9.17) is 26.8 Å². The van der Waals surface area contributed by atoms with Gasteiger partial charge < -0.3 is 25.8 Å². The van der Waals surface area contributed by atoms with Crippen molar-refractivity contribution in [1.82, 2.24) is 9.97 Å². The molecule has 8 nitrogen and oxygen atoms in total. The zero-order valence-corrected chi connectivity index (χ0v) is 15.9. The molecule has 0 fully saturated rings. The first kappa shape index (κ1) is 19.2. The molecule has 3 aromatic rings. The predicted octanol–water partition coefficient (Wildman–Crippen LogP) is 3.99. The lowest BCUT2D eigenvalue weighted by molar-refractivity contribution is 0.0602. The number of ether oxygens (including phenoxy) is 2. The van der Waals surface area contributed by atoms with Gasteiger partial charge in [0.1, 0.15) is 17.8 Å². The van der Waals surface area contributed by atoms with E-state index in [0.29, 0.717) is 39.3 Å². The molecule has 1 heterocycles. The van der Waals surface area contributed by atoms with Gasteiger partial charge in [-0.25, -0.2) is 14.8 Å². The van der Waals surface area contributed by atoms with Crippen LogP contribution in [0.5, 0.6) is 5.75 Å². The molecule has 0 spiro atoms. The highest BCUT2D eigenvalue weighted by Gasteiger charge is 2.15. The SMILES string of the molecule is COC(=O)c1ccccc1Nc1ncnc(Nc2cc(Cl)ccc2OC)c1N. The van der Waals surface area contributed by atoms with Crippen LogP contribution in [0.25, 0.3) is 0 Å². The second-order valence-corrected chi connectivity index (χ2v) is 6.05. The van der Waals surface area contributed by atoms with Crippen molar-refractivity contribution < 1.29 is 14.3 Å². The first-order valence-electron chi connectivity index (χ1n) is 8.19. The monoisotopic (exact) mass is 399 g/mol. The van der Waals surface area contributed by atoms with E-state index in [-0.39, 0.29) is 5.69 Å². The standard InChI is InChI=1S/C19H18ClN5O3/c1-27-15-8-7-11(20)9-14(15)25-18-16(21)17(22-10-23-18)24-13-6-4-3-5-12(13)19(26)28-2/h3-10H,21H2,1-2H3,(H2,22,23,24,25). The van der Waals surface area contributed by atoms with Gasteiger partial charge in [-0.2, -0.15) is 0 Å². The van der Waals surface area contributed by atoms with Crippen molar-refractivity contribution in [2.45, 2.75) is 0 Å². The number of nitrogens with zero attached hydrogens (tertiary/aromatic N) is 2. The van der Waals surface area contributed by atoms with Crippen molar-refractivity contribution in [3.8, 4) is 5.75 Å². The lowest BCUT2D eigenvalue weighted by Gasteiger charge is -2.15. The Kier molecular flexibility index (Phi) is 5.81. The highest BCUT2D eigenvalue weighted by atomic mass is 35.5. The Hall–Kier alpha value is -3.52. The number of hydrogen-bond acceptors (Lipinski definition) is 8. The highest BCUT2D eigenvalue weighted by Crippen LogP contribution is 2.34. The van der Waals surface area contributed by atoms with Crippen molar-refractivity contribution in [2.75, 3.05) is 30.6 Å². The summed E-state index contributed by atoms with van der Waals surface area (Å²) in [6.07, 6.45) is 1.35. The molecule has 0 saturated heterocycles. The fraction of sp³-hybridized carbons (Fsp3) is 0.105. The summed E-state index contributed by atoms with van der Waals surface area (Å²) in [6, 6.07) is 12.0. The molecule has 144 valence electrons. The number of halogens is 1. The summed E-state index contributed by atoms with van der Waals surface area (Å²) in [6.45, 7) is 0. The molecule has 0 atom stereocenters. The maximum Gasteiger partial charge on any atom is 0.339 e. The molecular weight excluding hydrogens is 382 g/mol. The van der Waals surface area contributed by atoms with Crippen LogP contribution in [0, 0.1) is 0 Å². The molecule has 0 aliphatic heterocycles. The number of benzene rings is 2. The van der Waals surface area contributed by atoms with Crippen LogP contribution in [-0.2, 0) is 4.74 Å². The minimum atomic E-state index is -0.474. The Morgan fingerprint density at radius 3 is 2.39 bits per heavy atom. The largest absolute Gasteiger partial charge is 0.495 e. The lowest BCUT2D eigenvalue weighted by Crippen LogP contribution is -2.09. The summed E-state index contributed by atoms with van der Waals surface area (Å²) in [5, 5.41) is 6.67. The molecule has 0 amide bonds. The van der Waals surface area contributed by atoms with Crippen molar-refractivity contribution in [3.63, 3.8) is 0 Å². The number of carbonyl (C=O) groups is 1. The van der Waals surface area contributed by atoms with Crippen LogP contribution in [0.2, 0.25) is 5.02 Å². The summed E-state index contributed by atoms with van der Waals surface area (Å²) in [5.74, 6) is 0.786. The van der Waals surface area contributed by atoms with Crippen LogP contribution in [0.15, 0.2) is 48.8 Å². The third kappa shape index (κ3) is 4.07. The quantitative estimate of drug-likeness (QED) is 0.533. The summed E-state index contributed by atoms with van der Waals surface area (Å²) in [4.78, 5) is 20.3. The number of esters is 1. The molecule has 0 saturated carbocycles. The lowest BCUT2D eigenvalue weighted by atomic mass is 10.2. The van der Waals surface area contributed by atoms with E-state index in [9.17, 15) is 4.79 Å². The number of nitrogen functional groups attached to an aromatic ring is 1. The van der Waals surface area contributed by atoms with Gasteiger partial charge in [0, 0.05) is 5.02 Å². The first-order valence-corrected chi connectivity index (χ1v) is 8.56. The van der Waals surface area contributed by atoms with Crippen molar-refractivity contribution in [3.05, 3.63) is 59.4 Å². The topological polar surface area (TPSA) is 111 Å². The Morgan fingerprint density at radius 1 is 1.04 bits per heavy atom. The van der Waals surface area contributed by atoms with Gasteiger partial charge in [-0.05, 0) is 30.3 Å². The van der Waals surface area contributed by atoms with Crippen molar-refractivity contribution in [2.24, 2.45) is 0 Å². The average Bonchev–Trinajstić information content (AvgIpc) is 2.71. The molecule has 0 aliphatic carbocycles. The number of anilines is 5. The number of para-hydroxylation sites is 1. The van der Waals surface area contributed by atoms with E-state index in [1.54, 1.807) is 49.6 Å². The fourth-order valence-corrected chi connectivity index (χ4v) is 2.68. The third-order valence-electron chi connectivity index (χ3n) is 3.88. The minimum absolute atomic E-state index is 0.254. The number of carbonyl (C=O) groups excluding carboxylic acids is 1. The molecule has 0 radical (unpaired) electrons. The zero-order valence-electron chi connectivity index (χ0n) is 15.2. The van der Waals surface area contributed by atoms with Crippen LogP contribution in [-0.4, -0.2) is 30.2 Å². The van der Waals surface area contributed by atoms with Crippen LogP contribution in [0.1, 0.15) is 10.4 Å². The Bertz CT molecular complexity index is 1010. The van der Waals surface area contributed by atoms with E-state index in [1.165, 1.54) is 13.4 Å². The Balaban J connectivity index is 1.93. The Morgan fingerprint density at radius 2 is 1.71 bits per heavy atom. The maximum atomic E-state index is 12.0. The van der Waals surface area contributed by atoms with Gasteiger partial charge in [0.25, 0.3) is 0 Å². The van der Waals surface area contributed by atoms with Gasteiger partial charge in [0.2, 0.25) is 0 Å². The van der Waals surface area contributed by atoms with E-state index in [0.717, 1.165) is 0 Å². The number of nitrogens with one attached hydrogen (secondary N) is 2. The van der Waals surface area contributed by atoms with Crippen molar-refractivity contribution in [1.29, 1.82) is 0 Å². The molecule has 0 aliphatic rings. The number of hydrogen-bond donors (Lipinski definition) is 3. The summed E-state index contributed by atoms with van der Waals surface area (Å²) >= 11 is 6.06. The summed E-state index contributed by atoms with van der Waals surface area (Å²) < 4.78 is 10.1. The first-order chi connectivity index (χ1) is 13.5. The molecule has 28 heavy (non-hydrogen) atoms. The molecule has 4 N–H and O–H groups in total. The van der Waals surface area contributed by atoms with Crippen LogP contribution < -0.4 is 21.1 Å². The molecule has 2 aromatic carbocycles. The van der Waals surface area contributed by atoms with Crippen LogP contribution >= 0.6 is 11.6 Å². The van der Waals surface area contributed by atoms with Crippen LogP contribution in [0.3, 0.4) is 0 Å². The van der Waals surface area contributed by atoms with Gasteiger partial charge in [-0.1, -0.05) is 23.7 Å². The Labute approximate surface area is 166 Å². The number of nitrogens with two attached hydrogens (primary N) is 1. The minimum Gasteiger partial charge on any atom is -0.495 e. The van der Waals surface area contributed by atoms with Gasteiger partial charge in [0.15, 0.2) is 11.6 Å². The number of methoxy groups -OCH3 is 2. The molecular formula is C19H18ClN5O3. The van der Waals surface area contributed by atoms with Gasteiger partial charge in [-0.15, -0.1) is 0 Å². The normalized spacial score (nSPS) is 10.2. The summed E-state index contributed by atoms with van der Waals surface area (Å²) in [5.41, 5.74) is 7.94. The molecule has 9 heteroatoms. The second-order valence-electron chi connectivity index (χ2n) is 5.62. The van der Waals surface area contributed by atoms with Gasteiger partial charge >= 0.3 is 5.97 Å². The van der Waals surface area contributed by atoms with Crippen molar-refractivity contribution >= 4 is 46.3 Å². The van der Waals surface area contributed by atoms with E-state index in [2.05, 4.69) is 20.6 Å². The third-order valence-corrected chi connectivity index (χ3v) is 4.12. The zero-order chi connectivity index (χ0) is 20.1. The molecule has 0 bridgehead atoms. The maximum absolute atomic E-state index is 12.0. The molecule has 1 aromatic heterocycles. The second kappa shape index (κ2) is 8.45. The van der Waals surface area contributed by atoms with E-state index < -0.39 is 5.97 Å². The molecule has 0 unspecified atom stereocenters. The fourth-order valence-electron chi connectivity index (χ4n) is 2.51.